The summed E-state index contributed by atoms with van der Waals surface area (Å²) in [6.45, 7) is 8.35. The van der Waals surface area contributed by atoms with Gasteiger partial charge in [0.15, 0.2) is 5.65 Å². The van der Waals surface area contributed by atoms with E-state index in [9.17, 15) is 0 Å². The highest BCUT2D eigenvalue weighted by Gasteiger charge is 2.22. The Hall–Kier alpha value is -1.42. The van der Waals surface area contributed by atoms with Gasteiger partial charge in [0.05, 0.1) is 0 Å². The Morgan fingerprint density at radius 1 is 1.25 bits per heavy atom. The number of aromatic nitrogens is 3. The highest BCUT2D eigenvalue weighted by atomic mass is 15.3. The minimum Gasteiger partial charge on any atom is -0.323 e. The van der Waals surface area contributed by atoms with Crippen LogP contribution in [0.4, 0.5) is 0 Å². The van der Waals surface area contributed by atoms with Gasteiger partial charge in [0.2, 0.25) is 0 Å². The van der Waals surface area contributed by atoms with Crippen molar-refractivity contribution >= 4 is 5.65 Å². The van der Waals surface area contributed by atoms with Gasteiger partial charge in [-0.1, -0.05) is 26.8 Å². The van der Waals surface area contributed by atoms with Crippen molar-refractivity contribution in [3.63, 3.8) is 0 Å². The van der Waals surface area contributed by atoms with Gasteiger partial charge in [-0.15, -0.1) is 10.2 Å². The fourth-order valence-corrected chi connectivity index (χ4v) is 1.81. The summed E-state index contributed by atoms with van der Waals surface area (Å²) in [6.07, 6.45) is 0. The molecule has 0 saturated carbocycles. The molecule has 0 saturated heterocycles. The van der Waals surface area contributed by atoms with E-state index >= 15 is 0 Å². The van der Waals surface area contributed by atoms with Gasteiger partial charge in [0.1, 0.15) is 5.82 Å². The van der Waals surface area contributed by atoms with Crippen LogP contribution in [0.2, 0.25) is 0 Å². The quantitative estimate of drug-likeness (QED) is 0.797. The predicted molar refractivity (Wildman–Crippen MR) is 64.3 cm³/mol. The third-order valence-corrected chi connectivity index (χ3v) is 2.60. The van der Waals surface area contributed by atoms with Crippen LogP contribution in [0.5, 0.6) is 0 Å². The van der Waals surface area contributed by atoms with E-state index in [1.165, 1.54) is 0 Å². The van der Waals surface area contributed by atoms with E-state index in [-0.39, 0.29) is 11.5 Å². The summed E-state index contributed by atoms with van der Waals surface area (Å²) in [7, 11) is 0. The van der Waals surface area contributed by atoms with Crippen LogP contribution in [0.3, 0.4) is 0 Å². The Labute approximate surface area is 95.5 Å². The van der Waals surface area contributed by atoms with Gasteiger partial charge >= 0.3 is 0 Å². The van der Waals surface area contributed by atoms with Crippen molar-refractivity contribution < 1.29 is 0 Å². The summed E-state index contributed by atoms with van der Waals surface area (Å²) in [5.41, 5.74) is 7.85. The lowest BCUT2D eigenvalue weighted by atomic mass is 9.95. The molecule has 4 nitrogen and oxygen atoms in total. The Morgan fingerprint density at radius 3 is 2.50 bits per heavy atom. The predicted octanol–water partition coefficient (Wildman–Crippen LogP) is 2.05. The number of nitrogens with two attached hydrogens (primary N) is 1. The minimum absolute atomic E-state index is 0.0270. The Morgan fingerprint density at radius 2 is 1.94 bits per heavy atom. The fourth-order valence-electron chi connectivity index (χ4n) is 1.81. The van der Waals surface area contributed by atoms with Gasteiger partial charge in [-0.25, -0.2) is 0 Å². The van der Waals surface area contributed by atoms with Crippen LogP contribution in [-0.4, -0.2) is 14.6 Å². The zero-order chi connectivity index (χ0) is 11.9. The zero-order valence-corrected chi connectivity index (χ0v) is 10.2. The summed E-state index contributed by atoms with van der Waals surface area (Å²) >= 11 is 0. The molecule has 0 amide bonds. The topological polar surface area (TPSA) is 56.2 Å². The van der Waals surface area contributed by atoms with E-state index in [1.54, 1.807) is 0 Å². The molecule has 0 aliphatic carbocycles. The van der Waals surface area contributed by atoms with Crippen LogP contribution >= 0.6 is 0 Å². The largest absolute Gasteiger partial charge is 0.323 e. The molecule has 0 fully saturated rings. The SMILES string of the molecule is CC(N)c1cccc2nnc(C(C)(C)C)n12. The highest BCUT2D eigenvalue weighted by molar-refractivity contribution is 5.41. The van der Waals surface area contributed by atoms with Crippen LogP contribution in [0.25, 0.3) is 5.65 Å². The summed E-state index contributed by atoms with van der Waals surface area (Å²) in [4.78, 5) is 0. The summed E-state index contributed by atoms with van der Waals surface area (Å²) in [5, 5.41) is 8.45. The Kier molecular flexibility index (Phi) is 2.46. The highest BCUT2D eigenvalue weighted by Crippen LogP contribution is 2.23. The maximum absolute atomic E-state index is 5.97. The molecule has 2 N–H and O–H groups in total. The van der Waals surface area contributed by atoms with E-state index in [2.05, 4.69) is 35.4 Å². The molecule has 16 heavy (non-hydrogen) atoms. The molecule has 1 atom stereocenters. The summed E-state index contributed by atoms with van der Waals surface area (Å²) in [6, 6.07) is 5.92. The standard InChI is InChI=1S/C12H18N4/c1-8(13)9-6-5-7-10-14-15-11(16(9)10)12(2,3)4/h5-8H,13H2,1-4H3. The molecule has 0 spiro atoms. The van der Waals surface area contributed by atoms with Gasteiger partial charge in [-0.2, -0.15) is 0 Å². The molecule has 2 aromatic rings. The second-order valence-corrected chi connectivity index (χ2v) is 5.21. The number of pyridine rings is 1. The van der Waals surface area contributed by atoms with Crippen LogP contribution in [0.15, 0.2) is 18.2 Å². The second-order valence-electron chi connectivity index (χ2n) is 5.21. The van der Waals surface area contributed by atoms with Crippen molar-refractivity contribution in [2.24, 2.45) is 5.73 Å². The first-order valence-electron chi connectivity index (χ1n) is 5.51. The number of hydrogen-bond donors (Lipinski definition) is 1. The normalized spacial score (nSPS) is 14.3. The number of nitrogens with zero attached hydrogens (tertiary/aromatic N) is 3. The lowest BCUT2D eigenvalue weighted by Crippen LogP contribution is -2.19. The molecule has 0 bridgehead atoms. The fraction of sp³-hybridized carbons (Fsp3) is 0.500. The van der Waals surface area contributed by atoms with Crippen molar-refractivity contribution in [3.05, 3.63) is 29.7 Å². The molecule has 0 radical (unpaired) electrons. The molecular formula is C12H18N4. The third-order valence-electron chi connectivity index (χ3n) is 2.60. The van der Waals surface area contributed by atoms with Gasteiger partial charge < -0.3 is 5.73 Å². The molecule has 86 valence electrons. The number of rotatable bonds is 1. The lowest BCUT2D eigenvalue weighted by Gasteiger charge is -2.18. The van der Waals surface area contributed by atoms with Crippen molar-refractivity contribution in [3.8, 4) is 0 Å². The second kappa shape index (κ2) is 3.56. The van der Waals surface area contributed by atoms with Crippen molar-refractivity contribution in [1.82, 2.24) is 14.6 Å². The summed E-state index contributed by atoms with van der Waals surface area (Å²) in [5.74, 6) is 0.954. The molecule has 2 heterocycles. The van der Waals surface area contributed by atoms with Crippen LogP contribution in [0, 0.1) is 0 Å². The molecule has 0 aliphatic rings. The molecule has 0 aliphatic heterocycles. The molecule has 0 aromatic carbocycles. The van der Waals surface area contributed by atoms with E-state index < -0.39 is 0 Å². The minimum atomic E-state index is -0.0373. The van der Waals surface area contributed by atoms with Crippen LogP contribution in [0.1, 0.15) is 45.3 Å². The van der Waals surface area contributed by atoms with Crippen molar-refractivity contribution in [1.29, 1.82) is 0 Å². The van der Waals surface area contributed by atoms with Gasteiger partial charge in [0, 0.05) is 17.2 Å². The van der Waals surface area contributed by atoms with Crippen molar-refractivity contribution in [2.45, 2.75) is 39.2 Å². The van der Waals surface area contributed by atoms with E-state index in [1.807, 2.05) is 25.1 Å². The average molecular weight is 218 g/mol. The van der Waals surface area contributed by atoms with E-state index in [0.717, 1.165) is 17.2 Å². The maximum Gasteiger partial charge on any atom is 0.161 e. The third kappa shape index (κ3) is 1.69. The van der Waals surface area contributed by atoms with Gasteiger partial charge in [-0.05, 0) is 19.1 Å². The zero-order valence-electron chi connectivity index (χ0n) is 10.2. The Bertz CT molecular complexity index is 505. The average Bonchev–Trinajstić information content (AvgIpc) is 2.59. The first kappa shape index (κ1) is 11.1. The molecule has 2 aromatic heterocycles. The van der Waals surface area contributed by atoms with Crippen LogP contribution < -0.4 is 5.73 Å². The van der Waals surface area contributed by atoms with E-state index in [4.69, 9.17) is 5.73 Å². The number of fused-ring (bicyclic) bond motifs is 1. The lowest BCUT2D eigenvalue weighted by molar-refractivity contribution is 0.531. The van der Waals surface area contributed by atoms with Gasteiger partial charge in [0.25, 0.3) is 0 Å². The first-order chi connectivity index (χ1) is 7.41. The van der Waals surface area contributed by atoms with Crippen molar-refractivity contribution in [2.75, 3.05) is 0 Å². The molecule has 2 rings (SSSR count). The number of hydrogen-bond acceptors (Lipinski definition) is 3. The maximum atomic E-state index is 5.97. The Balaban J connectivity index is 2.78. The molecular weight excluding hydrogens is 200 g/mol. The first-order valence-corrected chi connectivity index (χ1v) is 5.51. The smallest absolute Gasteiger partial charge is 0.161 e. The molecule has 4 heteroatoms. The van der Waals surface area contributed by atoms with E-state index in [0.29, 0.717) is 0 Å². The monoisotopic (exact) mass is 218 g/mol. The molecule has 1 unspecified atom stereocenters. The van der Waals surface area contributed by atoms with Gasteiger partial charge in [-0.3, -0.25) is 4.40 Å². The van der Waals surface area contributed by atoms with Crippen LogP contribution in [-0.2, 0) is 5.41 Å². The summed E-state index contributed by atoms with van der Waals surface area (Å²) < 4.78 is 2.06.